The molecule has 0 aromatic heterocycles. The van der Waals surface area contributed by atoms with Crippen LogP contribution in [0.2, 0.25) is 0 Å². The SMILES string of the molecule is CCOc1cc(CN[C@@H]2CCN(C(=O)C3CC3)C[C@@H]2C)ccc1OC. The van der Waals surface area contributed by atoms with Crippen molar-refractivity contribution in [3.8, 4) is 11.5 Å². The molecule has 1 saturated heterocycles. The van der Waals surface area contributed by atoms with Crippen molar-refractivity contribution in [1.82, 2.24) is 10.2 Å². The van der Waals surface area contributed by atoms with Gasteiger partial charge in [0.05, 0.1) is 13.7 Å². The molecule has 1 N–H and O–H groups in total. The number of benzene rings is 1. The minimum Gasteiger partial charge on any atom is -0.493 e. The zero-order valence-electron chi connectivity index (χ0n) is 15.6. The number of carbonyl (C=O) groups excluding carboxylic acids is 1. The quantitative estimate of drug-likeness (QED) is 0.825. The molecule has 1 aliphatic carbocycles. The number of nitrogens with zero attached hydrogens (tertiary/aromatic N) is 1. The summed E-state index contributed by atoms with van der Waals surface area (Å²) in [5.41, 5.74) is 1.19. The lowest BCUT2D eigenvalue weighted by Crippen LogP contribution is -2.50. The van der Waals surface area contributed by atoms with Crippen LogP contribution in [0.1, 0.15) is 38.7 Å². The Morgan fingerprint density at radius 2 is 2.08 bits per heavy atom. The van der Waals surface area contributed by atoms with Gasteiger partial charge in [-0.1, -0.05) is 13.0 Å². The number of ether oxygens (including phenoxy) is 2. The molecule has 0 spiro atoms. The molecule has 2 fully saturated rings. The van der Waals surface area contributed by atoms with Gasteiger partial charge in [-0.25, -0.2) is 0 Å². The summed E-state index contributed by atoms with van der Waals surface area (Å²) in [5, 5.41) is 3.66. The molecule has 2 aliphatic rings. The molecule has 1 aromatic rings. The highest BCUT2D eigenvalue weighted by Gasteiger charge is 2.36. The fourth-order valence-electron chi connectivity index (χ4n) is 3.59. The zero-order chi connectivity index (χ0) is 17.8. The van der Waals surface area contributed by atoms with E-state index in [9.17, 15) is 4.79 Å². The Hall–Kier alpha value is -1.75. The van der Waals surface area contributed by atoms with Crippen molar-refractivity contribution in [1.29, 1.82) is 0 Å². The molecule has 5 heteroatoms. The van der Waals surface area contributed by atoms with Gasteiger partial charge in [0.1, 0.15) is 0 Å². The molecule has 0 bridgehead atoms. The number of hydrogen-bond donors (Lipinski definition) is 1. The molecule has 3 rings (SSSR count). The summed E-state index contributed by atoms with van der Waals surface area (Å²) < 4.78 is 11.0. The second-order valence-electron chi connectivity index (χ2n) is 7.23. The average Bonchev–Trinajstić information content (AvgIpc) is 3.45. The van der Waals surface area contributed by atoms with Gasteiger partial charge in [-0.3, -0.25) is 4.79 Å². The summed E-state index contributed by atoms with van der Waals surface area (Å²) in [7, 11) is 1.66. The lowest BCUT2D eigenvalue weighted by atomic mass is 9.93. The number of nitrogens with one attached hydrogen (secondary N) is 1. The Bertz CT molecular complexity index is 601. The fraction of sp³-hybridized carbons (Fsp3) is 0.650. The van der Waals surface area contributed by atoms with E-state index in [1.165, 1.54) is 5.56 Å². The van der Waals surface area contributed by atoms with E-state index in [2.05, 4.69) is 23.2 Å². The summed E-state index contributed by atoms with van der Waals surface area (Å²) in [5.74, 6) is 2.74. The van der Waals surface area contributed by atoms with Crippen molar-refractivity contribution in [2.45, 2.75) is 45.7 Å². The molecule has 1 saturated carbocycles. The number of hydrogen-bond acceptors (Lipinski definition) is 4. The molecule has 25 heavy (non-hydrogen) atoms. The summed E-state index contributed by atoms with van der Waals surface area (Å²) in [6.45, 7) is 7.39. The van der Waals surface area contributed by atoms with E-state index in [1.807, 2.05) is 19.1 Å². The van der Waals surface area contributed by atoms with Gasteiger partial charge in [-0.2, -0.15) is 0 Å². The van der Waals surface area contributed by atoms with E-state index < -0.39 is 0 Å². The topological polar surface area (TPSA) is 50.8 Å². The Kier molecular flexibility index (Phi) is 5.84. The van der Waals surface area contributed by atoms with Crippen LogP contribution in [0, 0.1) is 11.8 Å². The first-order valence-electron chi connectivity index (χ1n) is 9.44. The predicted octanol–water partition coefficient (Wildman–Crippen LogP) is 2.83. The molecule has 138 valence electrons. The van der Waals surface area contributed by atoms with E-state index in [0.29, 0.717) is 30.4 Å². The first-order valence-corrected chi connectivity index (χ1v) is 9.44. The fourth-order valence-corrected chi connectivity index (χ4v) is 3.59. The van der Waals surface area contributed by atoms with E-state index in [-0.39, 0.29) is 0 Å². The van der Waals surface area contributed by atoms with Gasteiger partial charge in [-0.15, -0.1) is 0 Å². The van der Waals surface area contributed by atoms with Crippen molar-refractivity contribution in [3.05, 3.63) is 23.8 Å². The zero-order valence-corrected chi connectivity index (χ0v) is 15.6. The maximum atomic E-state index is 12.2. The Labute approximate surface area is 150 Å². The Morgan fingerprint density at radius 3 is 2.72 bits per heavy atom. The van der Waals surface area contributed by atoms with Crippen LogP contribution in [0.25, 0.3) is 0 Å². The predicted molar refractivity (Wildman–Crippen MR) is 97.9 cm³/mol. The highest BCUT2D eigenvalue weighted by atomic mass is 16.5. The second-order valence-corrected chi connectivity index (χ2v) is 7.23. The van der Waals surface area contributed by atoms with Crippen LogP contribution >= 0.6 is 0 Å². The van der Waals surface area contributed by atoms with Crippen LogP contribution in [-0.2, 0) is 11.3 Å². The van der Waals surface area contributed by atoms with Crippen LogP contribution < -0.4 is 14.8 Å². The van der Waals surface area contributed by atoms with Crippen LogP contribution in [0.5, 0.6) is 11.5 Å². The van der Waals surface area contributed by atoms with Crippen LogP contribution in [0.3, 0.4) is 0 Å². The van der Waals surface area contributed by atoms with Gasteiger partial charge in [0.25, 0.3) is 0 Å². The number of piperidine rings is 1. The lowest BCUT2D eigenvalue weighted by Gasteiger charge is -2.37. The van der Waals surface area contributed by atoms with Gasteiger partial charge in [0, 0.05) is 31.6 Å². The number of likely N-dealkylation sites (tertiary alicyclic amines) is 1. The van der Waals surface area contributed by atoms with E-state index in [1.54, 1.807) is 7.11 Å². The van der Waals surface area contributed by atoms with Gasteiger partial charge in [0.2, 0.25) is 5.91 Å². The highest BCUT2D eigenvalue weighted by molar-refractivity contribution is 5.81. The van der Waals surface area contributed by atoms with Gasteiger partial charge in [-0.05, 0) is 49.8 Å². The Balaban J connectivity index is 1.53. The minimum absolute atomic E-state index is 0.327. The standard InChI is InChI=1S/C20H30N2O3/c1-4-25-19-11-15(5-8-18(19)24-3)12-21-17-9-10-22(13-14(17)2)20(23)16-6-7-16/h5,8,11,14,16-17,21H,4,6-7,9-10,12-13H2,1-3H3/t14-,17+/m0/s1. The first-order chi connectivity index (χ1) is 12.1. The lowest BCUT2D eigenvalue weighted by molar-refractivity contribution is -0.134. The molecule has 1 heterocycles. The van der Waals surface area contributed by atoms with Crippen molar-refractivity contribution >= 4 is 5.91 Å². The molecule has 1 amide bonds. The van der Waals surface area contributed by atoms with Crippen molar-refractivity contribution in [2.24, 2.45) is 11.8 Å². The third-order valence-corrected chi connectivity index (χ3v) is 5.24. The first kappa shape index (κ1) is 18.1. The average molecular weight is 346 g/mol. The van der Waals surface area contributed by atoms with Gasteiger partial charge < -0.3 is 19.7 Å². The molecule has 1 aliphatic heterocycles. The second kappa shape index (κ2) is 8.09. The van der Waals surface area contributed by atoms with Crippen molar-refractivity contribution in [2.75, 3.05) is 26.8 Å². The minimum atomic E-state index is 0.327. The van der Waals surface area contributed by atoms with Crippen molar-refractivity contribution in [3.63, 3.8) is 0 Å². The number of carbonyl (C=O) groups is 1. The normalized spacial score (nSPS) is 23.4. The largest absolute Gasteiger partial charge is 0.493 e. The summed E-state index contributed by atoms with van der Waals surface area (Å²) in [4.78, 5) is 14.3. The highest BCUT2D eigenvalue weighted by Crippen LogP contribution is 2.32. The summed E-state index contributed by atoms with van der Waals surface area (Å²) in [6.07, 6.45) is 3.20. The third kappa shape index (κ3) is 4.46. The van der Waals surface area contributed by atoms with Crippen LogP contribution in [-0.4, -0.2) is 43.7 Å². The van der Waals surface area contributed by atoms with Gasteiger partial charge >= 0.3 is 0 Å². The smallest absolute Gasteiger partial charge is 0.225 e. The molecule has 2 atom stereocenters. The molecular formula is C20H30N2O3. The molecule has 5 nitrogen and oxygen atoms in total. The summed E-state index contributed by atoms with van der Waals surface area (Å²) >= 11 is 0. The number of rotatable bonds is 7. The maximum Gasteiger partial charge on any atom is 0.225 e. The van der Waals surface area contributed by atoms with Crippen molar-refractivity contribution < 1.29 is 14.3 Å². The number of methoxy groups -OCH3 is 1. The third-order valence-electron chi connectivity index (χ3n) is 5.24. The molecular weight excluding hydrogens is 316 g/mol. The molecule has 0 radical (unpaired) electrons. The number of amides is 1. The van der Waals surface area contributed by atoms with Crippen LogP contribution in [0.4, 0.5) is 0 Å². The Morgan fingerprint density at radius 1 is 1.28 bits per heavy atom. The monoisotopic (exact) mass is 346 g/mol. The van der Waals surface area contributed by atoms with E-state index >= 15 is 0 Å². The van der Waals surface area contributed by atoms with E-state index in [4.69, 9.17) is 9.47 Å². The van der Waals surface area contributed by atoms with E-state index in [0.717, 1.165) is 50.4 Å². The van der Waals surface area contributed by atoms with Crippen LogP contribution in [0.15, 0.2) is 18.2 Å². The maximum absolute atomic E-state index is 12.2. The molecule has 1 aromatic carbocycles. The molecule has 0 unspecified atom stereocenters. The summed E-state index contributed by atoms with van der Waals surface area (Å²) in [6, 6.07) is 6.53. The van der Waals surface area contributed by atoms with Gasteiger partial charge in [0.15, 0.2) is 11.5 Å².